The molecule has 0 unspecified atom stereocenters. The molecule has 2 rings (SSSR count). The highest BCUT2D eigenvalue weighted by Crippen LogP contribution is 2.30. The largest absolute Gasteiger partial charge is 0.433 e. The maximum atomic E-state index is 12.3. The minimum absolute atomic E-state index is 0.508. The summed E-state index contributed by atoms with van der Waals surface area (Å²) in [6.07, 6.45) is -3.24. The first kappa shape index (κ1) is 11.4. The minimum Gasteiger partial charge on any atom is -0.398 e. The highest BCUT2D eigenvalue weighted by atomic mass is 19.4. The SMILES string of the molecule is Nc1ccccc1-c1ccc(C(F)(F)F)nc1. The van der Waals surface area contributed by atoms with Gasteiger partial charge in [-0.05, 0) is 12.1 Å². The lowest BCUT2D eigenvalue weighted by molar-refractivity contribution is -0.141. The molecule has 2 nitrogen and oxygen atoms in total. The summed E-state index contributed by atoms with van der Waals surface area (Å²) < 4.78 is 36.9. The van der Waals surface area contributed by atoms with Gasteiger partial charge in [0.1, 0.15) is 5.69 Å². The predicted molar refractivity (Wildman–Crippen MR) is 59.1 cm³/mol. The molecule has 0 aliphatic heterocycles. The van der Waals surface area contributed by atoms with E-state index in [1.807, 2.05) is 0 Å². The average molecular weight is 238 g/mol. The lowest BCUT2D eigenvalue weighted by Gasteiger charge is -2.08. The van der Waals surface area contributed by atoms with E-state index in [0.29, 0.717) is 16.8 Å². The van der Waals surface area contributed by atoms with Crippen LogP contribution in [0.1, 0.15) is 5.69 Å². The quantitative estimate of drug-likeness (QED) is 0.774. The molecule has 1 aromatic heterocycles. The van der Waals surface area contributed by atoms with E-state index in [4.69, 9.17) is 5.73 Å². The summed E-state index contributed by atoms with van der Waals surface area (Å²) in [5.41, 5.74) is 6.57. The molecule has 0 amide bonds. The molecule has 2 aromatic rings. The molecule has 0 atom stereocenters. The fraction of sp³-hybridized carbons (Fsp3) is 0.0833. The van der Waals surface area contributed by atoms with Gasteiger partial charge in [-0.1, -0.05) is 24.3 Å². The maximum Gasteiger partial charge on any atom is 0.433 e. The minimum atomic E-state index is -4.42. The molecule has 5 heteroatoms. The van der Waals surface area contributed by atoms with Gasteiger partial charge >= 0.3 is 6.18 Å². The van der Waals surface area contributed by atoms with E-state index in [9.17, 15) is 13.2 Å². The monoisotopic (exact) mass is 238 g/mol. The van der Waals surface area contributed by atoms with Crippen molar-refractivity contribution in [1.82, 2.24) is 4.98 Å². The van der Waals surface area contributed by atoms with Crippen molar-refractivity contribution in [3.8, 4) is 11.1 Å². The standard InChI is InChI=1S/C12H9F3N2/c13-12(14,15)11-6-5-8(7-17-11)9-3-1-2-4-10(9)16/h1-7H,16H2. The number of benzene rings is 1. The summed E-state index contributed by atoms with van der Waals surface area (Å²) in [4.78, 5) is 3.39. The van der Waals surface area contributed by atoms with Gasteiger partial charge in [0, 0.05) is 23.0 Å². The van der Waals surface area contributed by atoms with Crippen LogP contribution < -0.4 is 5.73 Å². The van der Waals surface area contributed by atoms with Crippen LogP contribution in [0.4, 0.5) is 18.9 Å². The number of aromatic nitrogens is 1. The van der Waals surface area contributed by atoms with Gasteiger partial charge in [-0.15, -0.1) is 0 Å². The van der Waals surface area contributed by atoms with Gasteiger partial charge in [0.05, 0.1) is 0 Å². The molecule has 0 aliphatic carbocycles. The number of nitrogen functional groups attached to an aromatic ring is 1. The zero-order valence-corrected chi connectivity index (χ0v) is 8.70. The lowest BCUT2D eigenvalue weighted by atomic mass is 10.1. The molecule has 0 bridgehead atoms. The summed E-state index contributed by atoms with van der Waals surface area (Å²) in [7, 11) is 0. The summed E-state index contributed by atoms with van der Waals surface area (Å²) in [5.74, 6) is 0. The fourth-order valence-corrected chi connectivity index (χ4v) is 1.48. The van der Waals surface area contributed by atoms with Crippen LogP contribution in [0.25, 0.3) is 11.1 Å². The van der Waals surface area contributed by atoms with E-state index in [-0.39, 0.29) is 0 Å². The summed E-state index contributed by atoms with van der Waals surface area (Å²) in [6, 6.07) is 9.26. The molecule has 17 heavy (non-hydrogen) atoms. The average Bonchev–Trinajstić information content (AvgIpc) is 2.29. The van der Waals surface area contributed by atoms with Crippen molar-refractivity contribution in [3.63, 3.8) is 0 Å². The topological polar surface area (TPSA) is 38.9 Å². The van der Waals surface area contributed by atoms with Crippen molar-refractivity contribution in [3.05, 3.63) is 48.3 Å². The number of hydrogen-bond donors (Lipinski definition) is 1. The van der Waals surface area contributed by atoms with E-state index in [1.54, 1.807) is 24.3 Å². The third-order valence-electron chi connectivity index (χ3n) is 2.33. The molecule has 0 radical (unpaired) electrons. The van der Waals surface area contributed by atoms with Gasteiger partial charge in [0.25, 0.3) is 0 Å². The first-order valence-electron chi connectivity index (χ1n) is 4.86. The van der Waals surface area contributed by atoms with Crippen LogP contribution in [0.3, 0.4) is 0 Å². The number of anilines is 1. The predicted octanol–water partition coefficient (Wildman–Crippen LogP) is 3.35. The van der Waals surface area contributed by atoms with Crippen LogP contribution in [0.5, 0.6) is 0 Å². The molecule has 1 aromatic carbocycles. The number of halogens is 3. The molecular formula is C12H9F3N2. The Labute approximate surface area is 95.9 Å². The van der Waals surface area contributed by atoms with Crippen molar-refractivity contribution >= 4 is 5.69 Å². The van der Waals surface area contributed by atoms with Gasteiger partial charge in [-0.3, -0.25) is 4.98 Å². The van der Waals surface area contributed by atoms with Crippen LogP contribution in [-0.4, -0.2) is 4.98 Å². The van der Waals surface area contributed by atoms with E-state index < -0.39 is 11.9 Å². The van der Waals surface area contributed by atoms with Gasteiger partial charge in [-0.2, -0.15) is 13.2 Å². The Balaban J connectivity index is 2.40. The van der Waals surface area contributed by atoms with Gasteiger partial charge in [0.2, 0.25) is 0 Å². The second kappa shape index (κ2) is 4.08. The first-order valence-corrected chi connectivity index (χ1v) is 4.86. The first-order chi connectivity index (χ1) is 7.98. The third-order valence-corrected chi connectivity index (χ3v) is 2.33. The zero-order valence-electron chi connectivity index (χ0n) is 8.70. The molecule has 88 valence electrons. The number of para-hydroxylation sites is 1. The summed E-state index contributed by atoms with van der Waals surface area (Å²) in [6.45, 7) is 0. The van der Waals surface area contributed by atoms with Gasteiger partial charge < -0.3 is 5.73 Å². The lowest BCUT2D eigenvalue weighted by Crippen LogP contribution is -2.07. The molecule has 0 aliphatic rings. The van der Waals surface area contributed by atoms with Crippen LogP contribution in [-0.2, 0) is 6.18 Å². The van der Waals surface area contributed by atoms with Crippen molar-refractivity contribution in [1.29, 1.82) is 0 Å². The van der Waals surface area contributed by atoms with Crippen molar-refractivity contribution in [2.75, 3.05) is 5.73 Å². The Bertz CT molecular complexity index is 518. The Hall–Kier alpha value is -2.04. The number of rotatable bonds is 1. The Morgan fingerprint density at radius 2 is 1.71 bits per heavy atom. The van der Waals surface area contributed by atoms with Crippen molar-refractivity contribution < 1.29 is 13.2 Å². The highest BCUT2D eigenvalue weighted by Gasteiger charge is 2.32. The highest BCUT2D eigenvalue weighted by molar-refractivity contribution is 5.75. The van der Waals surface area contributed by atoms with E-state index in [1.165, 1.54) is 12.3 Å². The second-order valence-corrected chi connectivity index (χ2v) is 3.52. The second-order valence-electron chi connectivity index (χ2n) is 3.52. The Morgan fingerprint density at radius 1 is 1.00 bits per heavy atom. The molecule has 0 saturated heterocycles. The molecular weight excluding hydrogens is 229 g/mol. The van der Waals surface area contributed by atoms with E-state index in [2.05, 4.69) is 4.98 Å². The van der Waals surface area contributed by atoms with Crippen LogP contribution >= 0.6 is 0 Å². The summed E-state index contributed by atoms with van der Waals surface area (Å²) in [5, 5.41) is 0. The molecule has 1 heterocycles. The van der Waals surface area contributed by atoms with Crippen LogP contribution in [0.2, 0.25) is 0 Å². The van der Waals surface area contributed by atoms with Gasteiger partial charge in [0.15, 0.2) is 0 Å². The fourth-order valence-electron chi connectivity index (χ4n) is 1.48. The molecule has 0 spiro atoms. The van der Waals surface area contributed by atoms with Crippen molar-refractivity contribution in [2.45, 2.75) is 6.18 Å². The van der Waals surface area contributed by atoms with Crippen LogP contribution in [0, 0.1) is 0 Å². The normalized spacial score (nSPS) is 11.5. The molecule has 0 saturated carbocycles. The number of hydrogen-bond acceptors (Lipinski definition) is 2. The number of nitrogens with zero attached hydrogens (tertiary/aromatic N) is 1. The molecule has 0 fully saturated rings. The number of alkyl halides is 3. The number of pyridine rings is 1. The maximum absolute atomic E-state index is 12.3. The zero-order chi connectivity index (χ0) is 12.5. The summed E-state index contributed by atoms with van der Waals surface area (Å²) >= 11 is 0. The molecule has 2 N–H and O–H groups in total. The Morgan fingerprint density at radius 3 is 2.24 bits per heavy atom. The number of nitrogens with two attached hydrogens (primary N) is 1. The van der Waals surface area contributed by atoms with Crippen molar-refractivity contribution in [2.24, 2.45) is 0 Å². The van der Waals surface area contributed by atoms with E-state index >= 15 is 0 Å². The van der Waals surface area contributed by atoms with Gasteiger partial charge in [-0.25, -0.2) is 0 Å². The van der Waals surface area contributed by atoms with E-state index in [0.717, 1.165) is 6.07 Å². The Kier molecular flexibility index (Phi) is 2.75. The van der Waals surface area contributed by atoms with Crippen LogP contribution in [0.15, 0.2) is 42.6 Å². The smallest absolute Gasteiger partial charge is 0.398 e. The third kappa shape index (κ3) is 2.38.